The van der Waals surface area contributed by atoms with E-state index in [1.54, 1.807) is 19.1 Å². The molecule has 138 valence electrons. The predicted molar refractivity (Wildman–Crippen MR) is 92.8 cm³/mol. The fraction of sp³-hybridized carbons (Fsp3) is 0.278. The van der Waals surface area contributed by atoms with Gasteiger partial charge in [0.05, 0.1) is 0 Å². The van der Waals surface area contributed by atoms with E-state index in [-0.39, 0.29) is 41.3 Å². The third-order valence-electron chi connectivity index (χ3n) is 3.46. The maximum absolute atomic E-state index is 12.3. The molecular weight excluding hydrogens is 365 g/mol. The van der Waals surface area contributed by atoms with E-state index in [4.69, 9.17) is 0 Å². The maximum atomic E-state index is 12.3. The molecule has 4 nitrogen and oxygen atoms in total. The van der Waals surface area contributed by atoms with Crippen molar-refractivity contribution in [1.29, 1.82) is 0 Å². The van der Waals surface area contributed by atoms with Crippen LogP contribution >= 0.6 is 11.8 Å². The lowest BCUT2D eigenvalue weighted by Crippen LogP contribution is -2.23. The van der Waals surface area contributed by atoms with Crippen molar-refractivity contribution in [1.82, 2.24) is 10.3 Å². The molecule has 0 aliphatic rings. The van der Waals surface area contributed by atoms with Crippen LogP contribution in [0.1, 0.15) is 35.0 Å². The van der Waals surface area contributed by atoms with E-state index < -0.39 is 5.51 Å². The molecule has 1 aromatic carbocycles. The minimum Gasteiger partial charge on any atom is -0.348 e. The van der Waals surface area contributed by atoms with Gasteiger partial charge in [-0.2, -0.15) is 13.2 Å². The SMILES string of the molecule is CCC(=O)Cc1cc(C(=O)NCc2ccc(SC(F)(F)F)cc2)ccn1. The van der Waals surface area contributed by atoms with Gasteiger partial charge in [0.1, 0.15) is 5.78 Å². The zero-order valence-corrected chi connectivity index (χ0v) is 14.8. The number of aromatic nitrogens is 1. The highest BCUT2D eigenvalue weighted by Crippen LogP contribution is 2.36. The Kier molecular flexibility index (Phi) is 6.79. The molecule has 0 aliphatic carbocycles. The summed E-state index contributed by atoms with van der Waals surface area (Å²) in [6.07, 6.45) is 2.05. The van der Waals surface area contributed by atoms with Crippen molar-refractivity contribution in [3.8, 4) is 0 Å². The first-order valence-electron chi connectivity index (χ1n) is 7.86. The number of nitrogens with one attached hydrogen (secondary N) is 1. The van der Waals surface area contributed by atoms with E-state index in [0.717, 1.165) is 0 Å². The molecule has 0 saturated heterocycles. The van der Waals surface area contributed by atoms with E-state index in [1.165, 1.54) is 30.5 Å². The van der Waals surface area contributed by atoms with Crippen LogP contribution in [0, 0.1) is 0 Å². The number of thioether (sulfide) groups is 1. The smallest absolute Gasteiger partial charge is 0.348 e. The molecule has 26 heavy (non-hydrogen) atoms. The Labute approximate surface area is 153 Å². The average Bonchev–Trinajstić information content (AvgIpc) is 2.59. The largest absolute Gasteiger partial charge is 0.446 e. The van der Waals surface area contributed by atoms with Gasteiger partial charge in [0.15, 0.2) is 0 Å². The summed E-state index contributed by atoms with van der Waals surface area (Å²) < 4.78 is 36.9. The number of nitrogens with zero attached hydrogens (tertiary/aromatic N) is 1. The Balaban J connectivity index is 1.94. The summed E-state index contributed by atoms with van der Waals surface area (Å²) in [5.41, 5.74) is -2.74. The van der Waals surface area contributed by atoms with Crippen LogP contribution in [0.4, 0.5) is 13.2 Å². The van der Waals surface area contributed by atoms with Crippen molar-refractivity contribution >= 4 is 23.5 Å². The number of rotatable bonds is 7. The number of benzene rings is 1. The lowest BCUT2D eigenvalue weighted by molar-refractivity contribution is -0.118. The minimum atomic E-state index is -4.33. The van der Waals surface area contributed by atoms with Crippen LogP contribution in [0.2, 0.25) is 0 Å². The molecule has 0 bridgehead atoms. The minimum absolute atomic E-state index is 0.0341. The lowest BCUT2D eigenvalue weighted by atomic mass is 10.1. The van der Waals surface area contributed by atoms with Crippen molar-refractivity contribution in [3.63, 3.8) is 0 Å². The number of carbonyl (C=O) groups excluding carboxylic acids is 2. The van der Waals surface area contributed by atoms with Crippen LogP contribution in [0.15, 0.2) is 47.5 Å². The number of halogens is 3. The molecule has 2 rings (SSSR count). The number of hydrogen-bond donors (Lipinski definition) is 1. The lowest BCUT2D eigenvalue weighted by Gasteiger charge is -2.08. The number of carbonyl (C=O) groups is 2. The molecule has 0 atom stereocenters. The number of hydrogen-bond acceptors (Lipinski definition) is 4. The first-order valence-corrected chi connectivity index (χ1v) is 8.68. The van der Waals surface area contributed by atoms with Crippen molar-refractivity contribution in [2.45, 2.75) is 36.7 Å². The number of amides is 1. The first kappa shape index (κ1) is 20.0. The summed E-state index contributed by atoms with van der Waals surface area (Å²) in [6, 6.07) is 8.89. The Morgan fingerprint density at radius 1 is 1.15 bits per heavy atom. The van der Waals surface area contributed by atoms with Gasteiger partial charge in [0, 0.05) is 41.7 Å². The van der Waals surface area contributed by atoms with E-state index in [9.17, 15) is 22.8 Å². The van der Waals surface area contributed by atoms with Gasteiger partial charge in [-0.05, 0) is 41.6 Å². The van der Waals surface area contributed by atoms with E-state index in [1.807, 2.05) is 0 Å². The van der Waals surface area contributed by atoms with Crippen LogP contribution in [-0.2, 0) is 17.8 Å². The normalized spacial score (nSPS) is 11.2. The molecule has 8 heteroatoms. The Morgan fingerprint density at radius 2 is 1.85 bits per heavy atom. The monoisotopic (exact) mass is 382 g/mol. The topological polar surface area (TPSA) is 59.1 Å². The summed E-state index contributed by atoms with van der Waals surface area (Å²) in [6.45, 7) is 1.94. The molecule has 1 amide bonds. The van der Waals surface area contributed by atoms with Crippen molar-refractivity contribution in [3.05, 3.63) is 59.4 Å². The number of Topliss-reactive ketones (excluding diaryl/α,β-unsaturated/α-hetero) is 1. The summed E-state index contributed by atoms with van der Waals surface area (Å²) in [7, 11) is 0. The second-order valence-corrected chi connectivity index (χ2v) is 6.62. The van der Waals surface area contributed by atoms with Crippen LogP contribution in [-0.4, -0.2) is 22.2 Å². The Morgan fingerprint density at radius 3 is 2.46 bits per heavy atom. The van der Waals surface area contributed by atoms with Crippen LogP contribution in [0.25, 0.3) is 0 Å². The van der Waals surface area contributed by atoms with Gasteiger partial charge in [-0.3, -0.25) is 14.6 Å². The van der Waals surface area contributed by atoms with Crippen LogP contribution in [0.3, 0.4) is 0 Å². The maximum Gasteiger partial charge on any atom is 0.446 e. The van der Waals surface area contributed by atoms with Gasteiger partial charge in [0.2, 0.25) is 0 Å². The molecule has 1 aromatic heterocycles. The molecule has 0 radical (unpaired) electrons. The highest BCUT2D eigenvalue weighted by molar-refractivity contribution is 8.00. The quantitative estimate of drug-likeness (QED) is 0.731. The summed E-state index contributed by atoms with van der Waals surface area (Å²) in [5, 5.41) is 2.70. The van der Waals surface area contributed by atoms with E-state index >= 15 is 0 Å². The second-order valence-electron chi connectivity index (χ2n) is 5.48. The average molecular weight is 382 g/mol. The van der Waals surface area contributed by atoms with Crippen LogP contribution < -0.4 is 5.32 Å². The molecule has 2 aromatic rings. The van der Waals surface area contributed by atoms with Gasteiger partial charge in [-0.25, -0.2) is 0 Å². The molecule has 1 N–H and O–H groups in total. The predicted octanol–water partition coefficient (Wildman–Crippen LogP) is 4.15. The molecular formula is C18H17F3N2O2S. The number of pyridine rings is 1. The summed E-state index contributed by atoms with van der Waals surface area (Å²) in [4.78, 5) is 27.8. The van der Waals surface area contributed by atoms with Crippen LogP contribution in [0.5, 0.6) is 0 Å². The first-order chi connectivity index (χ1) is 12.3. The van der Waals surface area contributed by atoms with Crippen molar-refractivity contribution in [2.75, 3.05) is 0 Å². The van der Waals surface area contributed by atoms with Gasteiger partial charge in [0.25, 0.3) is 5.91 Å². The zero-order valence-electron chi connectivity index (χ0n) is 14.0. The van der Waals surface area contributed by atoms with Gasteiger partial charge >= 0.3 is 5.51 Å². The van der Waals surface area contributed by atoms with Crippen molar-refractivity contribution < 1.29 is 22.8 Å². The van der Waals surface area contributed by atoms with Gasteiger partial charge < -0.3 is 5.32 Å². The third kappa shape index (κ3) is 6.51. The van der Waals surface area contributed by atoms with Gasteiger partial charge in [-0.1, -0.05) is 19.1 Å². The standard InChI is InChI=1S/C18H17F3N2O2S/c1-2-15(24)10-14-9-13(7-8-22-14)17(25)23-11-12-3-5-16(6-4-12)26-18(19,20)21/h3-9H,2,10-11H2,1H3,(H,23,25). The fourth-order valence-corrected chi connectivity index (χ4v) is 2.68. The fourth-order valence-electron chi connectivity index (χ4n) is 2.14. The summed E-state index contributed by atoms with van der Waals surface area (Å²) >= 11 is -0.183. The molecule has 0 aliphatic heterocycles. The Bertz CT molecular complexity index is 777. The Hall–Kier alpha value is -2.35. The highest BCUT2D eigenvalue weighted by atomic mass is 32.2. The van der Waals surface area contributed by atoms with Gasteiger partial charge in [-0.15, -0.1) is 0 Å². The highest BCUT2D eigenvalue weighted by Gasteiger charge is 2.28. The number of ketones is 1. The van der Waals surface area contributed by atoms with E-state index in [0.29, 0.717) is 23.2 Å². The third-order valence-corrected chi connectivity index (χ3v) is 4.20. The molecule has 1 heterocycles. The summed E-state index contributed by atoms with van der Waals surface area (Å²) in [5.74, 6) is -0.307. The molecule has 0 unspecified atom stereocenters. The molecule has 0 fully saturated rings. The molecule has 0 saturated carbocycles. The number of alkyl halides is 3. The van der Waals surface area contributed by atoms with Crippen molar-refractivity contribution in [2.24, 2.45) is 0 Å². The zero-order chi connectivity index (χ0) is 19.2. The molecule has 0 spiro atoms. The van der Waals surface area contributed by atoms with E-state index in [2.05, 4.69) is 10.3 Å². The second kappa shape index (κ2) is 8.84.